The zero-order valence-corrected chi connectivity index (χ0v) is 16.7. The van der Waals surface area contributed by atoms with Crippen molar-refractivity contribution in [2.45, 2.75) is 37.8 Å². The molecule has 3 rings (SSSR count). The molecule has 5 unspecified atom stereocenters. The fourth-order valence-corrected chi connectivity index (χ4v) is 3.10. The zero-order valence-electron chi connectivity index (χ0n) is 16.7. The first-order chi connectivity index (χ1) is 14.5. The first-order valence-corrected chi connectivity index (χ1v) is 9.93. The second-order valence-electron chi connectivity index (χ2n) is 7.36. The van der Waals surface area contributed by atoms with Gasteiger partial charge >= 0.3 is 11.9 Å². The molecule has 30 heavy (non-hydrogen) atoms. The molecule has 1 aliphatic heterocycles. The van der Waals surface area contributed by atoms with Crippen molar-refractivity contribution < 1.29 is 34.0 Å². The Morgan fingerprint density at radius 3 is 2.00 bits per heavy atom. The molecule has 2 N–H and O–H groups in total. The maximum atomic E-state index is 12.0. The smallest absolute Gasteiger partial charge is 0.338 e. The Bertz CT molecular complexity index is 824. The van der Waals surface area contributed by atoms with Gasteiger partial charge in [0.1, 0.15) is 12.2 Å². The SMILES string of the molecule is CC(COC(=O)c1ccccc1)C(O)C1OC1C(O)CCOC(=O)c1ccccc1. The number of carbonyl (C=O) groups is 2. The molecular formula is C23H26O7. The number of benzene rings is 2. The fourth-order valence-electron chi connectivity index (χ4n) is 3.10. The van der Waals surface area contributed by atoms with Gasteiger partial charge in [0.15, 0.2) is 0 Å². The van der Waals surface area contributed by atoms with Gasteiger partial charge in [0.05, 0.1) is 36.5 Å². The summed E-state index contributed by atoms with van der Waals surface area (Å²) in [4.78, 5) is 23.9. The number of epoxide rings is 1. The van der Waals surface area contributed by atoms with Crippen LogP contribution in [0.25, 0.3) is 0 Å². The van der Waals surface area contributed by atoms with Gasteiger partial charge in [-0.3, -0.25) is 0 Å². The van der Waals surface area contributed by atoms with Crippen LogP contribution in [0.2, 0.25) is 0 Å². The van der Waals surface area contributed by atoms with Gasteiger partial charge in [-0.25, -0.2) is 9.59 Å². The van der Waals surface area contributed by atoms with Crippen molar-refractivity contribution in [3.8, 4) is 0 Å². The van der Waals surface area contributed by atoms with Crippen LogP contribution in [0, 0.1) is 5.92 Å². The molecule has 1 heterocycles. The summed E-state index contributed by atoms with van der Waals surface area (Å²) in [5.74, 6) is -1.27. The van der Waals surface area contributed by atoms with E-state index in [1.54, 1.807) is 61.5 Å². The standard InChI is InChI=1S/C23H26O7/c1-15(14-29-23(27)17-10-6-3-7-11-17)19(25)21-20(30-21)18(24)12-13-28-22(26)16-8-4-2-5-9-16/h2-11,15,18-21,24-25H,12-14H2,1H3. The summed E-state index contributed by atoms with van der Waals surface area (Å²) in [6.45, 7) is 1.82. The van der Waals surface area contributed by atoms with Gasteiger partial charge < -0.3 is 24.4 Å². The number of ether oxygens (including phenoxy) is 3. The van der Waals surface area contributed by atoms with Crippen molar-refractivity contribution in [2.75, 3.05) is 13.2 Å². The molecule has 5 atom stereocenters. The van der Waals surface area contributed by atoms with Gasteiger partial charge in [0.25, 0.3) is 0 Å². The minimum absolute atomic E-state index is 0.0340. The van der Waals surface area contributed by atoms with Crippen LogP contribution in [0.5, 0.6) is 0 Å². The van der Waals surface area contributed by atoms with Crippen molar-refractivity contribution >= 4 is 11.9 Å². The van der Waals surface area contributed by atoms with Gasteiger partial charge in [-0.1, -0.05) is 43.3 Å². The van der Waals surface area contributed by atoms with Gasteiger partial charge in [-0.15, -0.1) is 0 Å². The molecule has 1 saturated heterocycles. The highest BCUT2D eigenvalue weighted by Crippen LogP contribution is 2.33. The maximum absolute atomic E-state index is 12.0. The van der Waals surface area contributed by atoms with E-state index in [0.717, 1.165) is 0 Å². The summed E-state index contributed by atoms with van der Waals surface area (Å²) in [7, 11) is 0. The molecule has 1 fully saturated rings. The zero-order chi connectivity index (χ0) is 21.5. The number of esters is 2. The molecule has 2 aromatic rings. The lowest BCUT2D eigenvalue weighted by Crippen LogP contribution is -2.32. The molecule has 0 aliphatic carbocycles. The molecule has 0 spiro atoms. The Morgan fingerprint density at radius 2 is 1.43 bits per heavy atom. The minimum Gasteiger partial charge on any atom is -0.462 e. The van der Waals surface area contributed by atoms with E-state index in [4.69, 9.17) is 14.2 Å². The van der Waals surface area contributed by atoms with Crippen molar-refractivity contribution in [3.63, 3.8) is 0 Å². The maximum Gasteiger partial charge on any atom is 0.338 e. The van der Waals surface area contributed by atoms with E-state index in [1.165, 1.54) is 0 Å². The van der Waals surface area contributed by atoms with Gasteiger partial charge in [0, 0.05) is 12.3 Å². The monoisotopic (exact) mass is 414 g/mol. The van der Waals surface area contributed by atoms with Crippen molar-refractivity contribution in [1.29, 1.82) is 0 Å². The lowest BCUT2D eigenvalue weighted by Gasteiger charge is -2.17. The van der Waals surface area contributed by atoms with Crippen molar-refractivity contribution in [3.05, 3.63) is 71.8 Å². The molecule has 0 radical (unpaired) electrons. The summed E-state index contributed by atoms with van der Waals surface area (Å²) in [5.41, 5.74) is 0.891. The van der Waals surface area contributed by atoms with E-state index in [-0.39, 0.29) is 25.6 Å². The van der Waals surface area contributed by atoms with E-state index in [9.17, 15) is 19.8 Å². The lowest BCUT2D eigenvalue weighted by atomic mass is 9.98. The van der Waals surface area contributed by atoms with E-state index in [0.29, 0.717) is 11.1 Å². The molecule has 160 valence electrons. The average molecular weight is 414 g/mol. The molecule has 7 heteroatoms. The number of rotatable bonds is 10. The summed E-state index contributed by atoms with van der Waals surface area (Å²) in [6, 6.07) is 17.2. The van der Waals surface area contributed by atoms with Crippen LogP contribution in [0.15, 0.2) is 60.7 Å². The summed E-state index contributed by atoms with van der Waals surface area (Å²) < 4.78 is 15.8. The summed E-state index contributed by atoms with van der Waals surface area (Å²) in [6.07, 6.45) is -2.64. The Labute approximate surface area is 175 Å². The fraction of sp³-hybridized carbons (Fsp3) is 0.391. The molecule has 2 aromatic carbocycles. The Hall–Kier alpha value is -2.74. The summed E-state index contributed by atoms with van der Waals surface area (Å²) >= 11 is 0. The van der Waals surface area contributed by atoms with Crippen LogP contribution in [0.3, 0.4) is 0 Å². The number of aliphatic hydroxyl groups is 2. The van der Waals surface area contributed by atoms with E-state index in [1.807, 2.05) is 6.07 Å². The van der Waals surface area contributed by atoms with Crippen LogP contribution in [0.4, 0.5) is 0 Å². The van der Waals surface area contributed by atoms with Gasteiger partial charge in [-0.05, 0) is 24.3 Å². The van der Waals surface area contributed by atoms with Crippen LogP contribution in [0.1, 0.15) is 34.1 Å². The first-order valence-electron chi connectivity index (χ1n) is 9.93. The highest BCUT2D eigenvalue weighted by molar-refractivity contribution is 5.89. The quantitative estimate of drug-likeness (QED) is 0.454. The third kappa shape index (κ3) is 5.89. The van der Waals surface area contributed by atoms with Crippen LogP contribution < -0.4 is 0 Å². The van der Waals surface area contributed by atoms with E-state index >= 15 is 0 Å². The van der Waals surface area contributed by atoms with Gasteiger partial charge in [0.2, 0.25) is 0 Å². The second kappa shape index (κ2) is 10.3. The molecule has 0 bridgehead atoms. The molecular weight excluding hydrogens is 388 g/mol. The van der Waals surface area contributed by atoms with Gasteiger partial charge in [-0.2, -0.15) is 0 Å². The molecule has 0 saturated carbocycles. The third-order valence-electron chi connectivity index (χ3n) is 5.00. The minimum atomic E-state index is -0.889. The van der Waals surface area contributed by atoms with E-state index in [2.05, 4.69) is 0 Å². The largest absolute Gasteiger partial charge is 0.462 e. The molecule has 0 aromatic heterocycles. The molecule has 1 aliphatic rings. The van der Waals surface area contributed by atoms with Crippen LogP contribution in [-0.4, -0.2) is 59.8 Å². The topological polar surface area (TPSA) is 106 Å². The van der Waals surface area contributed by atoms with Crippen molar-refractivity contribution in [1.82, 2.24) is 0 Å². The van der Waals surface area contributed by atoms with Crippen molar-refractivity contribution in [2.24, 2.45) is 5.92 Å². The average Bonchev–Trinajstić information content (AvgIpc) is 3.58. The lowest BCUT2D eigenvalue weighted by molar-refractivity contribution is 0.0193. The third-order valence-corrected chi connectivity index (χ3v) is 5.00. The molecule has 0 amide bonds. The Kier molecular flexibility index (Phi) is 7.57. The highest BCUT2D eigenvalue weighted by atomic mass is 16.6. The second-order valence-corrected chi connectivity index (χ2v) is 7.36. The first kappa shape index (κ1) is 22.0. The number of hydrogen-bond donors (Lipinski definition) is 2. The summed E-state index contributed by atoms with van der Waals surface area (Å²) in [5, 5.41) is 20.6. The number of aliphatic hydroxyl groups excluding tert-OH is 2. The van der Waals surface area contributed by atoms with E-state index < -0.39 is 36.4 Å². The predicted octanol–water partition coefficient (Wildman–Crippen LogP) is 2.22. The highest BCUT2D eigenvalue weighted by Gasteiger charge is 2.50. The normalized spacial score (nSPS) is 20.6. The number of hydrogen-bond acceptors (Lipinski definition) is 7. The Morgan fingerprint density at radius 1 is 0.900 bits per heavy atom. The van der Waals surface area contributed by atoms with Crippen LogP contribution >= 0.6 is 0 Å². The van der Waals surface area contributed by atoms with Crippen LogP contribution in [-0.2, 0) is 14.2 Å². The Balaban J connectivity index is 1.36. The number of carbonyl (C=O) groups excluding carboxylic acids is 2. The molecule has 7 nitrogen and oxygen atoms in total. The predicted molar refractivity (Wildman–Crippen MR) is 108 cm³/mol.